The fraction of sp³-hybridized carbons (Fsp3) is 0.867. The largest absolute Gasteiger partial charge is 0.464 e. The summed E-state index contributed by atoms with van der Waals surface area (Å²) in [5, 5.41) is 0. The zero-order chi connectivity index (χ0) is 16.3. The van der Waals surface area contributed by atoms with E-state index in [1.54, 1.807) is 7.05 Å². The summed E-state index contributed by atoms with van der Waals surface area (Å²) in [5.74, 6) is -0.434. The number of carbonyl (C=O) groups is 2. The second-order valence-electron chi connectivity index (χ2n) is 5.28. The molecule has 6 nitrogen and oxygen atoms in total. The van der Waals surface area contributed by atoms with E-state index in [9.17, 15) is 9.59 Å². The van der Waals surface area contributed by atoms with Crippen LogP contribution in [0.5, 0.6) is 0 Å². The molecule has 0 aliphatic heterocycles. The highest BCUT2D eigenvalue weighted by Crippen LogP contribution is 2.13. The smallest absolute Gasteiger partial charge is 0.410 e. The maximum absolute atomic E-state index is 12.1. The lowest BCUT2D eigenvalue weighted by Gasteiger charge is -2.28. The predicted octanol–water partition coefficient (Wildman–Crippen LogP) is 2.46. The predicted molar refractivity (Wildman–Crippen MR) is 80.1 cm³/mol. The van der Waals surface area contributed by atoms with E-state index in [1.165, 1.54) is 12.0 Å². The van der Waals surface area contributed by atoms with Crippen LogP contribution < -0.4 is 0 Å². The van der Waals surface area contributed by atoms with E-state index in [-0.39, 0.29) is 18.5 Å². The second kappa shape index (κ2) is 11.4. The molecular formula is C15H29NO5. The second-order valence-corrected chi connectivity index (χ2v) is 5.28. The molecule has 21 heavy (non-hydrogen) atoms. The first-order valence-electron chi connectivity index (χ1n) is 7.50. The van der Waals surface area contributed by atoms with Gasteiger partial charge in [0.15, 0.2) is 0 Å². The molecule has 0 heterocycles. The highest BCUT2D eigenvalue weighted by Gasteiger charge is 2.31. The SMILES string of the molecule is CCCCCOC(=O)C(C(C)C)N(C)C(=O)OCCOC. The molecule has 0 radical (unpaired) electrons. The van der Waals surface area contributed by atoms with Gasteiger partial charge in [0.2, 0.25) is 0 Å². The van der Waals surface area contributed by atoms with Gasteiger partial charge in [0.1, 0.15) is 12.6 Å². The third kappa shape index (κ3) is 7.90. The lowest BCUT2D eigenvalue weighted by atomic mass is 10.0. The van der Waals surface area contributed by atoms with Gasteiger partial charge in [-0.2, -0.15) is 0 Å². The summed E-state index contributed by atoms with van der Waals surface area (Å²) in [6.45, 7) is 6.71. The van der Waals surface area contributed by atoms with E-state index in [2.05, 4.69) is 6.92 Å². The topological polar surface area (TPSA) is 65.1 Å². The van der Waals surface area contributed by atoms with E-state index in [1.807, 2.05) is 13.8 Å². The lowest BCUT2D eigenvalue weighted by molar-refractivity contribution is -0.150. The molecule has 0 saturated heterocycles. The Bertz CT molecular complexity index is 306. The molecule has 1 unspecified atom stereocenters. The van der Waals surface area contributed by atoms with Gasteiger partial charge in [-0.15, -0.1) is 0 Å². The molecule has 6 heteroatoms. The van der Waals surface area contributed by atoms with Gasteiger partial charge < -0.3 is 14.2 Å². The van der Waals surface area contributed by atoms with Crippen LogP contribution in [0.15, 0.2) is 0 Å². The first kappa shape index (κ1) is 19.7. The monoisotopic (exact) mass is 303 g/mol. The molecule has 0 saturated carbocycles. The van der Waals surface area contributed by atoms with Crippen molar-refractivity contribution in [2.75, 3.05) is 34.0 Å². The number of methoxy groups -OCH3 is 1. The summed E-state index contributed by atoms with van der Waals surface area (Å²) in [4.78, 5) is 25.3. The zero-order valence-electron chi connectivity index (χ0n) is 13.9. The molecule has 0 rings (SSSR count). The van der Waals surface area contributed by atoms with E-state index in [4.69, 9.17) is 14.2 Å². The number of nitrogens with zero attached hydrogens (tertiary/aromatic N) is 1. The van der Waals surface area contributed by atoms with Gasteiger partial charge in [-0.3, -0.25) is 4.90 Å². The van der Waals surface area contributed by atoms with Crippen LogP contribution in [-0.4, -0.2) is 57.0 Å². The van der Waals surface area contributed by atoms with Gasteiger partial charge in [0.05, 0.1) is 13.2 Å². The van der Waals surface area contributed by atoms with Crippen LogP contribution in [0.3, 0.4) is 0 Å². The number of rotatable bonds is 10. The minimum absolute atomic E-state index is 0.0522. The highest BCUT2D eigenvalue weighted by molar-refractivity contribution is 5.81. The van der Waals surface area contributed by atoms with Gasteiger partial charge >= 0.3 is 12.1 Å². The van der Waals surface area contributed by atoms with Crippen LogP contribution in [-0.2, 0) is 19.0 Å². The number of carbonyl (C=O) groups excluding carboxylic acids is 2. The molecule has 124 valence electrons. The molecule has 0 spiro atoms. The quantitative estimate of drug-likeness (QED) is 0.458. The van der Waals surface area contributed by atoms with Gasteiger partial charge in [0.25, 0.3) is 0 Å². The molecule has 0 aromatic rings. The molecule has 0 bridgehead atoms. The molecule has 0 aromatic heterocycles. The maximum atomic E-state index is 12.1. The summed E-state index contributed by atoms with van der Waals surface area (Å²) < 4.78 is 15.1. The first-order valence-corrected chi connectivity index (χ1v) is 7.50. The first-order chi connectivity index (χ1) is 9.95. The Hall–Kier alpha value is -1.30. The molecule has 0 aliphatic carbocycles. The molecule has 0 fully saturated rings. The number of hydrogen-bond donors (Lipinski definition) is 0. The van der Waals surface area contributed by atoms with E-state index < -0.39 is 12.1 Å². The van der Waals surface area contributed by atoms with Gasteiger partial charge in [-0.1, -0.05) is 33.6 Å². The summed E-state index contributed by atoms with van der Waals surface area (Å²) in [6, 6.07) is -0.637. The van der Waals surface area contributed by atoms with E-state index in [0.29, 0.717) is 13.2 Å². The molecule has 0 aromatic carbocycles. The Morgan fingerprint density at radius 1 is 1.05 bits per heavy atom. The number of amides is 1. The van der Waals surface area contributed by atoms with Gasteiger partial charge in [-0.25, -0.2) is 9.59 Å². The van der Waals surface area contributed by atoms with Crippen molar-refractivity contribution >= 4 is 12.1 Å². The average Bonchev–Trinajstić information content (AvgIpc) is 2.43. The zero-order valence-corrected chi connectivity index (χ0v) is 13.9. The fourth-order valence-corrected chi connectivity index (χ4v) is 1.92. The number of esters is 1. The van der Waals surface area contributed by atoms with Crippen molar-refractivity contribution in [3.63, 3.8) is 0 Å². The maximum Gasteiger partial charge on any atom is 0.410 e. The Labute approximate surface area is 127 Å². The van der Waals surface area contributed by atoms with Crippen molar-refractivity contribution in [1.82, 2.24) is 4.90 Å². The Morgan fingerprint density at radius 3 is 2.24 bits per heavy atom. The normalized spacial score (nSPS) is 12.1. The third-order valence-corrected chi connectivity index (χ3v) is 3.08. The molecule has 0 aliphatic rings. The van der Waals surface area contributed by atoms with Crippen LogP contribution in [0.25, 0.3) is 0 Å². The Kier molecular flexibility index (Phi) is 10.7. The van der Waals surface area contributed by atoms with E-state index >= 15 is 0 Å². The van der Waals surface area contributed by atoms with Crippen LogP contribution in [0, 0.1) is 5.92 Å². The Balaban J connectivity index is 4.43. The molecule has 1 atom stereocenters. The number of likely N-dealkylation sites (N-methyl/N-ethyl adjacent to an activating group) is 1. The van der Waals surface area contributed by atoms with Crippen molar-refractivity contribution in [2.45, 2.75) is 46.1 Å². The van der Waals surface area contributed by atoms with Crippen LogP contribution in [0.1, 0.15) is 40.0 Å². The van der Waals surface area contributed by atoms with Gasteiger partial charge in [0, 0.05) is 14.2 Å². The van der Waals surface area contributed by atoms with Crippen molar-refractivity contribution in [3.8, 4) is 0 Å². The summed E-state index contributed by atoms with van der Waals surface area (Å²) in [5.41, 5.74) is 0. The van der Waals surface area contributed by atoms with E-state index in [0.717, 1.165) is 19.3 Å². The summed E-state index contributed by atoms with van der Waals surface area (Å²) in [7, 11) is 3.08. The molecule has 0 N–H and O–H groups in total. The number of hydrogen-bond acceptors (Lipinski definition) is 5. The third-order valence-electron chi connectivity index (χ3n) is 3.08. The van der Waals surface area contributed by atoms with Gasteiger partial charge in [-0.05, 0) is 12.3 Å². The lowest BCUT2D eigenvalue weighted by Crippen LogP contribution is -2.47. The Morgan fingerprint density at radius 2 is 1.71 bits per heavy atom. The number of unbranched alkanes of at least 4 members (excludes halogenated alkanes) is 2. The van der Waals surface area contributed by atoms with Crippen LogP contribution in [0.2, 0.25) is 0 Å². The van der Waals surface area contributed by atoms with Crippen molar-refractivity contribution in [2.24, 2.45) is 5.92 Å². The number of ether oxygens (including phenoxy) is 3. The fourth-order valence-electron chi connectivity index (χ4n) is 1.92. The van der Waals surface area contributed by atoms with Crippen LogP contribution >= 0.6 is 0 Å². The minimum atomic E-state index is -0.637. The highest BCUT2D eigenvalue weighted by atomic mass is 16.6. The van der Waals surface area contributed by atoms with Crippen molar-refractivity contribution in [1.29, 1.82) is 0 Å². The van der Waals surface area contributed by atoms with Crippen molar-refractivity contribution in [3.05, 3.63) is 0 Å². The minimum Gasteiger partial charge on any atom is -0.464 e. The standard InChI is InChI=1S/C15H29NO5/c1-6-7-8-9-20-14(17)13(12(2)3)16(4)15(18)21-11-10-19-5/h12-13H,6-11H2,1-5H3. The molecular weight excluding hydrogens is 274 g/mol. The average molecular weight is 303 g/mol. The summed E-state index contributed by atoms with van der Waals surface area (Å²) >= 11 is 0. The van der Waals surface area contributed by atoms with Crippen LogP contribution in [0.4, 0.5) is 4.79 Å². The summed E-state index contributed by atoms with van der Waals surface area (Å²) in [6.07, 6.45) is 2.39. The van der Waals surface area contributed by atoms with Crippen molar-refractivity contribution < 1.29 is 23.8 Å². The molecule has 1 amide bonds.